The maximum atomic E-state index is 11.9. The Morgan fingerprint density at radius 2 is 1.69 bits per heavy atom. The molecule has 0 bridgehead atoms. The molecule has 0 saturated carbocycles. The second kappa shape index (κ2) is 9.72. The van der Waals surface area contributed by atoms with Crippen molar-refractivity contribution < 1.29 is 19.0 Å². The van der Waals surface area contributed by atoms with E-state index in [0.29, 0.717) is 22.8 Å². The SMILES string of the molecule is COc1cc(/C=N\NC(=O)CSc2ccc(C)cc2)cc(OC)c1OC. The number of hydrazone groups is 1. The van der Waals surface area contributed by atoms with Gasteiger partial charge in [-0.25, -0.2) is 5.43 Å². The van der Waals surface area contributed by atoms with E-state index in [1.54, 1.807) is 33.5 Å². The van der Waals surface area contributed by atoms with Crippen LogP contribution in [0.25, 0.3) is 0 Å². The maximum Gasteiger partial charge on any atom is 0.250 e. The number of hydrogen-bond donors (Lipinski definition) is 1. The highest BCUT2D eigenvalue weighted by Crippen LogP contribution is 2.37. The van der Waals surface area contributed by atoms with Crippen LogP contribution in [-0.4, -0.2) is 39.2 Å². The molecule has 0 aliphatic rings. The van der Waals surface area contributed by atoms with Crippen LogP contribution in [-0.2, 0) is 4.79 Å². The second-order valence-electron chi connectivity index (χ2n) is 5.35. The number of aryl methyl sites for hydroxylation is 1. The van der Waals surface area contributed by atoms with Crippen LogP contribution in [0.15, 0.2) is 46.4 Å². The molecule has 0 unspecified atom stereocenters. The van der Waals surface area contributed by atoms with E-state index in [2.05, 4.69) is 10.5 Å². The number of ether oxygens (including phenoxy) is 3. The van der Waals surface area contributed by atoms with Gasteiger partial charge >= 0.3 is 0 Å². The Balaban J connectivity index is 1.94. The number of benzene rings is 2. The van der Waals surface area contributed by atoms with Crippen molar-refractivity contribution in [2.24, 2.45) is 5.10 Å². The Hall–Kier alpha value is -2.67. The van der Waals surface area contributed by atoms with Gasteiger partial charge in [-0.3, -0.25) is 4.79 Å². The molecule has 0 aromatic heterocycles. The first-order valence-electron chi connectivity index (χ1n) is 7.88. The van der Waals surface area contributed by atoms with Gasteiger partial charge in [0.2, 0.25) is 11.7 Å². The Morgan fingerprint density at radius 1 is 1.08 bits per heavy atom. The maximum absolute atomic E-state index is 11.9. The molecule has 0 fully saturated rings. The van der Waals surface area contributed by atoms with Gasteiger partial charge in [-0.15, -0.1) is 11.8 Å². The Bertz CT molecular complexity index is 751. The molecule has 0 heterocycles. The zero-order chi connectivity index (χ0) is 18.9. The average molecular weight is 374 g/mol. The van der Waals surface area contributed by atoms with Crippen molar-refractivity contribution >= 4 is 23.9 Å². The Kier molecular flexibility index (Phi) is 7.35. The molecule has 0 radical (unpaired) electrons. The normalized spacial score (nSPS) is 10.6. The summed E-state index contributed by atoms with van der Waals surface area (Å²) in [5.41, 5.74) is 4.42. The second-order valence-corrected chi connectivity index (χ2v) is 6.40. The molecule has 1 N–H and O–H groups in total. The number of rotatable bonds is 8. The first kappa shape index (κ1) is 19.7. The summed E-state index contributed by atoms with van der Waals surface area (Å²) < 4.78 is 15.8. The predicted octanol–water partition coefficient (Wildman–Crippen LogP) is 3.26. The molecule has 6 nitrogen and oxygen atoms in total. The van der Waals surface area contributed by atoms with Crippen molar-refractivity contribution in [2.45, 2.75) is 11.8 Å². The summed E-state index contributed by atoms with van der Waals surface area (Å²) in [6.45, 7) is 2.03. The van der Waals surface area contributed by atoms with Gasteiger partial charge in [-0.1, -0.05) is 17.7 Å². The third-order valence-corrected chi connectivity index (χ3v) is 4.49. The molecular weight excluding hydrogens is 352 g/mol. The molecular formula is C19H22N2O4S. The molecule has 138 valence electrons. The lowest BCUT2D eigenvalue weighted by atomic mass is 10.2. The number of methoxy groups -OCH3 is 3. The van der Waals surface area contributed by atoms with Gasteiger partial charge in [0.1, 0.15) is 0 Å². The van der Waals surface area contributed by atoms with Gasteiger partial charge in [-0.2, -0.15) is 5.10 Å². The van der Waals surface area contributed by atoms with Crippen molar-refractivity contribution in [3.8, 4) is 17.2 Å². The van der Waals surface area contributed by atoms with Crippen molar-refractivity contribution in [1.29, 1.82) is 0 Å². The van der Waals surface area contributed by atoms with Crippen LogP contribution in [0.3, 0.4) is 0 Å². The zero-order valence-electron chi connectivity index (χ0n) is 15.2. The zero-order valence-corrected chi connectivity index (χ0v) is 16.1. The van der Waals surface area contributed by atoms with Crippen molar-refractivity contribution in [1.82, 2.24) is 5.43 Å². The predicted molar refractivity (Wildman–Crippen MR) is 104 cm³/mol. The minimum absolute atomic E-state index is 0.181. The van der Waals surface area contributed by atoms with Gasteiger partial charge in [0.05, 0.1) is 33.3 Å². The minimum Gasteiger partial charge on any atom is -0.493 e. The first-order chi connectivity index (χ1) is 12.6. The van der Waals surface area contributed by atoms with E-state index in [1.165, 1.54) is 23.5 Å². The fourth-order valence-corrected chi connectivity index (χ4v) is 2.86. The van der Waals surface area contributed by atoms with Crippen LogP contribution in [0.2, 0.25) is 0 Å². The molecule has 2 aromatic rings. The van der Waals surface area contributed by atoms with Gasteiger partial charge in [-0.05, 0) is 31.2 Å². The van der Waals surface area contributed by atoms with Gasteiger partial charge in [0, 0.05) is 10.5 Å². The van der Waals surface area contributed by atoms with Crippen LogP contribution in [0.5, 0.6) is 17.2 Å². The number of nitrogens with zero attached hydrogens (tertiary/aromatic N) is 1. The van der Waals surface area contributed by atoms with E-state index in [-0.39, 0.29) is 11.7 Å². The quantitative estimate of drug-likeness (QED) is 0.436. The van der Waals surface area contributed by atoms with Gasteiger partial charge < -0.3 is 14.2 Å². The van der Waals surface area contributed by atoms with Crippen molar-refractivity contribution in [2.75, 3.05) is 27.1 Å². The molecule has 1 amide bonds. The summed E-state index contributed by atoms with van der Waals surface area (Å²) >= 11 is 1.46. The lowest BCUT2D eigenvalue weighted by Gasteiger charge is -2.12. The number of amides is 1. The molecule has 2 rings (SSSR count). The largest absolute Gasteiger partial charge is 0.493 e. The summed E-state index contributed by atoms with van der Waals surface area (Å²) in [5, 5.41) is 3.98. The standard InChI is InChI=1S/C19H22N2O4S/c1-13-5-7-15(8-6-13)26-12-18(22)21-20-11-14-9-16(23-2)19(25-4)17(10-14)24-3/h5-11H,12H2,1-4H3,(H,21,22)/b20-11-. The highest BCUT2D eigenvalue weighted by Gasteiger charge is 2.12. The lowest BCUT2D eigenvalue weighted by Crippen LogP contribution is -2.19. The molecule has 2 aromatic carbocycles. The van der Waals surface area contributed by atoms with Crippen LogP contribution < -0.4 is 19.6 Å². The fourth-order valence-electron chi connectivity index (χ4n) is 2.17. The number of carbonyl (C=O) groups excluding carboxylic acids is 1. The lowest BCUT2D eigenvalue weighted by molar-refractivity contribution is -0.118. The molecule has 0 saturated heterocycles. The van der Waals surface area contributed by atoms with E-state index >= 15 is 0 Å². The van der Waals surface area contributed by atoms with Crippen LogP contribution >= 0.6 is 11.8 Å². The summed E-state index contributed by atoms with van der Waals surface area (Å²) in [5.74, 6) is 1.66. The van der Waals surface area contributed by atoms with E-state index in [9.17, 15) is 4.79 Å². The van der Waals surface area contributed by atoms with E-state index in [4.69, 9.17) is 14.2 Å². The van der Waals surface area contributed by atoms with Crippen LogP contribution in [0.4, 0.5) is 0 Å². The van der Waals surface area contributed by atoms with E-state index < -0.39 is 0 Å². The van der Waals surface area contributed by atoms with Gasteiger partial charge in [0.15, 0.2) is 11.5 Å². The number of hydrogen-bond acceptors (Lipinski definition) is 6. The molecule has 0 aliphatic heterocycles. The Labute approximate surface area is 157 Å². The highest BCUT2D eigenvalue weighted by atomic mass is 32.2. The summed E-state index contributed by atoms with van der Waals surface area (Å²) in [6.07, 6.45) is 1.53. The van der Waals surface area contributed by atoms with E-state index in [0.717, 1.165) is 4.90 Å². The number of nitrogens with one attached hydrogen (secondary N) is 1. The van der Waals surface area contributed by atoms with E-state index in [1.807, 2.05) is 31.2 Å². The molecule has 26 heavy (non-hydrogen) atoms. The smallest absolute Gasteiger partial charge is 0.250 e. The molecule has 0 atom stereocenters. The monoisotopic (exact) mass is 374 g/mol. The van der Waals surface area contributed by atoms with Crippen molar-refractivity contribution in [3.63, 3.8) is 0 Å². The average Bonchev–Trinajstić information content (AvgIpc) is 2.66. The number of thioether (sulfide) groups is 1. The highest BCUT2D eigenvalue weighted by molar-refractivity contribution is 8.00. The summed E-state index contributed by atoms with van der Waals surface area (Å²) in [6, 6.07) is 11.5. The van der Waals surface area contributed by atoms with Crippen LogP contribution in [0, 0.1) is 6.92 Å². The first-order valence-corrected chi connectivity index (χ1v) is 8.87. The van der Waals surface area contributed by atoms with Crippen LogP contribution in [0.1, 0.15) is 11.1 Å². The third kappa shape index (κ3) is 5.42. The summed E-state index contributed by atoms with van der Waals surface area (Å²) in [7, 11) is 4.63. The van der Waals surface area contributed by atoms with Gasteiger partial charge in [0.25, 0.3) is 0 Å². The number of carbonyl (C=O) groups is 1. The third-order valence-electron chi connectivity index (χ3n) is 3.48. The van der Waals surface area contributed by atoms with Crippen molar-refractivity contribution in [3.05, 3.63) is 47.5 Å². The minimum atomic E-state index is -0.181. The topological polar surface area (TPSA) is 69.2 Å². The fraction of sp³-hybridized carbons (Fsp3) is 0.263. The molecule has 0 aliphatic carbocycles. The molecule has 7 heteroatoms. The molecule has 0 spiro atoms. The summed E-state index contributed by atoms with van der Waals surface area (Å²) in [4.78, 5) is 12.9. The Morgan fingerprint density at radius 3 is 2.23 bits per heavy atom.